The highest BCUT2D eigenvalue weighted by molar-refractivity contribution is 4.95. The summed E-state index contributed by atoms with van der Waals surface area (Å²) < 4.78 is 0. The Hall–Kier alpha value is -0.0800. The number of likely N-dealkylation sites (N-methyl/N-ethyl adjacent to an activating group) is 1. The summed E-state index contributed by atoms with van der Waals surface area (Å²) in [5.74, 6) is 0. The smallest absolute Gasteiger partial charge is 0.0250 e. The summed E-state index contributed by atoms with van der Waals surface area (Å²) >= 11 is 0. The molecule has 2 heterocycles. The average molecular weight is 154 g/mol. The minimum absolute atomic E-state index is 0.808. The molecular weight excluding hydrogens is 136 g/mol. The molecule has 0 aromatic carbocycles. The van der Waals surface area contributed by atoms with Crippen molar-refractivity contribution >= 4 is 0 Å². The summed E-state index contributed by atoms with van der Waals surface area (Å²) in [6.07, 6.45) is 4.22. The molecule has 2 unspecified atom stereocenters. The van der Waals surface area contributed by atoms with E-state index in [2.05, 4.69) is 17.1 Å². The van der Waals surface area contributed by atoms with Crippen LogP contribution in [0, 0.1) is 0 Å². The standard InChI is InChI=1S/C9H18N2/c1-2-10-8-5-7-11-6-3-4-9(8)11/h8-10H,2-7H2,1H3. The predicted molar refractivity (Wildman–Crippen MR) is 46.7 cm³/mol. The van der Waals surface area contributed by atoms with E-state index in [1.807, 2.05) is 0 Å². The zero-order valence-corrected chi connectivity index (χ0v) is 7.34. The summed E-state index contributed by atoms with van der Waals surface area (Å²) in [5, 5.41) is 3.57. The van der Waals surface area contributed by atoms with Crippen molar-refractivity contribution in [3.05, 3.63) is 0 Å². The van der Waals surface area contributed by atoms with Gasteiger partial charge in [0.15, 0.2) is 0 Å². The number of rotatable bonds is 2. The predicted octanol–water partition coefficient (Wildman–Crippen LogP) is 0.833. The van der Waals surface area contributed by atoms with Crippen LogP contribution in [0.4, 0.5) is 0 Å². The third kappa shape index (κ3) is 1.30. The Balaban J connectivity index is 1.92. The van der Waals surface area contributed by atoms with Gasteiger partial charge in [0.2, 0.25) is 0 Å². The Morgan fingerprint density at radius 1 is 1.36 bits per heavy atom. The number of nitrogens with zero attached hydrogens (tertiary/aromatic N) is 1. The van der Waals surface area contributed by atoms with Crippen molar-refractivity contribution < 1.29 is 0 Å². The SMILES string of the molecule is CCNC1CCN2CCCC12. The topological polar surface area (TPSA) is 15.3 Å². The second-order valence-corrected chi connectivity index (χ2v) is 3.70. The maximum absolute atomic E-state index is 3.57. The van der Waals surface area contributed by atoms with Crippen molar-refractivity contribution in [3.8, 4) is 0 Å². The quantitative estimate of drug-likeness (QED) is 0.634. The van der Waals surface area contributed by atoms with E-state index >= 15 is 0 Å². The lowest BCUT2D eigenvalue weighted by Gasteiger charge is -2.20. The van der Waals surface area contributed by atoms with Crippen molar-refractivity contribution in [1.82, 2.24) is 10.2 Å². The molecule has 0 radical (unpaired) electrons. The van der Waals surface area contributed by atoms with Gasteiger partial charge in [0.25, 0.3) is 0 Å². The maximum Gasteiger partial charge on any atom is 0.0250 e. The van der Waals surface area contributed by atoms with E-state index in [9.17, 15) is 0 Å². The van der Waals surface area contributed by atoms with Gasteiger partial charge in [-0.05, 0) is 32.4 Å². The third-order valence-corrected chi connectivity index (χ3v) is 3.07. The van der Waals surface area contributed by atoms with E-state index < -0.39 is 0 Å². The van der Waals surface area contributed by atoms with Crippen LogP contribution in [-0.4, -0.2) is 36.6 Å². The van der Waals surface area contributed by atoms with Gasteiger partial charge in [0.1, 0.15) is 0 Å². The first-order chi connectivity index (χ1) is 5.42. The molecule has 64 valence electrons. The Morgan fingerprint density at radius 3 is 3.09 bits per heavy atom. The van der Waals surface area contributed by atoms with Crippen LogP contribution in [0.2, 0.25) is 0 Å². The lowest BCUT2D eigenvalue weighted by Crippen LogP contribution is -2.38. The monoisotopic (exact) mass is 154 g/mol. The first-order valence-electron chi connectivity index (χ1n) is 4.89. The molecule has 0 aromatic rings. The first kappa shape index (κ1) is 7.56. The zero-order chi connectivity index (χ0) is 7.68. The highest BCUT2D eigenvalue weighted by Crippen LogP contribution is 2.27. The Labute approximate surface area is 69.0 Å². The molecule has 0 saturated carbocycles. The number of hydrogen-bond donors (Lipinski definition) is 1. The second kappa shape index (κ2) is 3.11. The normalized spacial score (nSPS) is 37.9. The van der Waals surface area contributed by atoms with Gasteiger partial charge in [-0.3, -0.25) is 4.90 Å². The molecule has 1 N–H and O–H groups in total. The van der Waals surface area contributed by atoms with Crippen LogP contribution in [0.1, 0.15) is 26.2 Å². The summed E-state index contributed by atoms with van der Waals surface area (Å²) in [6.45, 7) is 6.03. The fraction of sp³-hybridized carbons (Fsp3) is 1.00. The maximum atomic E-state index is 3.57. The van der Waals surface area contributed by atoms with Crippen molar-refractivity contribution in [2.45, 2.75) is 38.3 Å². The van der Waals surface area contributed by atoms with Gasteiger partial charge in [-0.1, -0.05) is 6.92 Å². The lowest BCUT2D eigenvalue weighted by atomic mass is 10.1. The van der Waals surface area contributed by atoms with E-state index in [1.165, 1.54) is 32.4 Å². The molecule has 0 aliphatic carbocycles. The molecule has 2 aliphatic heterocycles. The van der Waals surface area contributed by atoms with E-state index in [0.29, 0.717) is 0 Å². The molecule has 0 bridgehead atoms. The minimum Gasteiger partial charge on any atom is -0.313 e. The van der Waals surface area contributed by atoms with Gasteiger partial charge in [-0.2, -0.15) is 0 Å². The first-order valence-corrected chi connectivity index (χ1v) is 4.89. The molecule has 2 rings (SSSR count). The highest BCUT2D eigenvalue weighted by Gasteiger charge is 2.36. The Bertz CT molecular complexity index is 134. The van der Waals surface area contributed by atoms with Crippen LogP contribution in [0.25, 0.3) is 0 Å². The van der Waals surface area contributed by atoms with Crippen LogP contribution in [-0.2, 0) is 0 Å². The summed E-state index contributed by atoms with van der Waals surface area (Å²) in [5.41, 5.74) is 0. The van der Waals surface area contributed by atoms with Gasteiger partial charge in [0.05, 0.1) is 0 Å². The third-order valence-electron chi connectivity index (χ3n) is 3.07. The zero-order valence-electron chi connectivity index (χ0n) is 7.34. The molecule has 2 aliphatic rings. The molecule has 2 heteroatoms. The molecule has 2 fully saturated rings. The molecule has 2 nitrogen and oxygen atoms in total. The van der Waals surface area contributed by atoms with Crippen LogP contribution in [0.5, 0.6) is 0 Å². The lowest BCUT2D eigenvalue weighted by molar-refractivity contribution is 0.300. The van der Waals surface area contributed by atoms with Crippen molar-refractivity contribution in [2.24, 2.45) is 0 Å². The minimum atomic E-state index is 0.808. The number of fused-ring (bicyclic) bond motifs is 1. The molecule has 2 atom stereocenters. The van der Waals surface area contributed by atoms with E-state index in [1.54, 1.807) is 0 Å². The van der Waals surface area contributed by atoms with E-state index in [-0.39, 0.29) is 0 Å². The number of hydrogen-bond acceptors (Lipinski definition) is 2. The number of nitrogens with one attached hydrogen (secondary N) is 1. The molecule has 0 amide bonds. The molecule has 0 aromatic heterocycles. The molecule has 2 saturated heterocycles. The summed E-state index contributed by atoms with van der Waals surface area (Å²) in [4.78, 5) is 2.65. The van der Waals surface area contributed by atoms with Gasteiger partial charge in [-0.15, -0.1) is 0 Å². The van der Waals surface area contributed by atoms with Gasteiger partial charge in [-0.25, -0.2) is 0 Å². The van der Waals surface area contributed by atoms with Crippen LogP contribution in [0.3, 0.4) is 0 Å². The molecular formula is C9H18N2. The van der Waals surface area contributed by atoms with Gasteiger partial charge < -0.3 is 5.32 Å². The van der Waals surface area contributed by atoms with Crippen LogP contribution >= 0.6 is 0 Å². The largest absolute Gasteiger partial charge is 0.313 e. The Morgan fingerprint density at radius 2 is 2.27 bits per heavy atom. The fourth-order valence-electron chi connectivity index (χ4n) is 2.58. The average Bonchev–Trinajstić information content (AvgIpc) is 2.53. The van der Waals surface area contributed by atoms with Crippen LogP contribution < -0.4 is 5.32 Å². The van der Waals surface area contributed by atoms with Crippen molar-refractivity contribution in [3.63, 3.8) is 0 Å². The fourth-order valence-corrected chi connectivity index (χ4v) is 2.58. The van der Waals surface area contributed by atoms with E-state index in [0.717, 1.165) is 18.6 Å². The highest BCUT2D eigenvalue weighted by atomic mass is 15.2. The van der Waals surface area contributed by atoms with Crippen molar-refractivity contribution in [1.29, 1.82) is 0 Å². The molecule has 11 heavy (non-hydrogen) atoms. The van der Waals surface area contributed by atoms with E-state index in [4.69, 9.17) is 0 Å². The second-order valence-electron chi connectivity index (χ2n) is 3.70. The van der Waals surface area contributed by atoms with Crippen LogP contribution in [0.15, 0.2) is 0 Å². The summed E-state index contributed by atoms with van der Waals surface area (Å²) in [7, 11) is 0. The van der Waals surface area contributed by atoms with Gasteiger partial charge in [0, 0.05) is 18.6 Å². The van der Waals surface area contributed by atoms with Crippen molar-refractivity contribution in [2.75, 3.05) is 19.6 Å². The van der Waals surface area contributed by atoms with Gasteiger partial charge >= 0.3 is 0 Å². The summed E-state index contributed by atoms with van der Waals surface area (Å²) in [6, 6.07) is 1.69. The Kier molecular flexibility index (Phi) is 2.14. The molecule has 0 spiro atoms.